The van der Waals surface area contributed by atoms with Crippen LogP contribution in [0.4, 0.5) is 5.69 Å². The van der Waals surface area contributed by atoms with Gasteiger partial charge in [-0.15, -0.1) is 0 Å². The Morgan fingerprint density at radius 3 is 2.86 bits per heavy atom. The van der Waals surface area contributed by atoms with Crippen LogP contribution in [0.3, 0.4) is 0 Å². The third kappa shape index (κ3) is 3.03. The molecular formula is C9H7N3O2. The van der Waals surface area contributed by atoms with Crippen molar-refractivity contribution in [1.29, 1.82) is 0 Å². The van der Waals surface area contributed by atoms with Crippen molar-refractivity contribution in [2.24, 2.45) is 10.1 Å². The van der Waals surface area contributed by atoms with Crippen LogP contribution in [-0.2, 0) is 16.1 Å². The molecule has 1 rings (SSSR count). The van der Waals surface area contributed by atoms with E-state index in [0.29, 0.717) is 5.69 Å². The number of hydrogen-bond donors (Lipinski definition) is 1. The number of rotatable bonds is 4. The Labute approximate surface area is 80.2 Å². The van der Waals surface area contributed by atoms with E-state index in [2.05, 4.69) is 15.5 Å². The van der Waals surface area contributed by atoms with Gasteiger partial charge in [-0.25, -0.2) is 14.6 Å². The number of anilines is 1. The number of hydrazone groups is 1. The van der Waals surface area contributed by atoms with Gasteiger partial charge in [-0.3, -0.25) is 5.43 Å². The molecule has 70 valence electrons. The Bertz CT molecular complexity index is 369. The van der Waals surface area contributed by atoms with Gasteiger partial charge in [-0.1, -0.05) is 17.2 Å². The monoisotopic (exact) mass is 189 g/mol. The summed E-state index contributed by atoms with van der Waals surface area (Å²) in [5, 5.41) is 3.20. The highest BCUT2D eigenvalue weighted by Crippen LogP contribution is 2.10. The average Bonchev–Trinajstić information content (AvgIpc) is 2.24. The van der Waals surface area contributed by atoms with E-state index in [4.69, 9.17) is 0 Å². The number of hydrogen-bond acceptors (Lipinski definition) is 5. The molecule has 5 heteroatoms. The number of nitrogens with zero attached hydrogens (tertiary/aromatic N) is 2. The van der Waals surface area contributed by atoms with Crippen LogP contribution in [0.5, 0.6) is 0 Å². The largest absolute Gasteiger partial charge is 0.267 e. The summed E-state index contributed by atoms with van der Waals surface area (Å²) in [6.07, 6.45) is 2.80. The van der Waals surface area contributed by atoms with Gasteiger partial charge in [0.2, 0.25) is 6.08 Å². The highest BCUT2D eigenvalue weighted by molar-refractivity contribution is 5.48. The van der Waals surface area contributed by atoms with Crippen molar-refractivity contribution < 1.29 is 9.59 Å². The van der Waals surface area contributed by atoms with Gasteiger partial charge in [0.15, 0.2) is 0 Å². The van der Waals surface area contributed by atoms with E-state index in [1.54, 1.807) is 24.3 Å². The number of isocyanates is 2. The molecule has 1 aromatic rings. The highest BCUT2D eigenvalue weighted by Gasteiger charge is 1.93. The van der Waals surface area contributed by atoms with Crippen molar-refractivity contribution in [3.8, 4) is 0 Å². The zero-order chi connectivity index (χ0) is 10.2. The summed E-state index contributed by atoms with van der Waals surface area (Å²) in [7, 11) is 0. The van der Waals surface area contributed by atoms with Gasteiger partial charge < -0.3 is 0 Å². The highest BCUT2D eigenvalue weighted by atomic mass is 16.1. The summed E-state index contributed by atoms with van der Waals surface area (Å²) in [5.74, 6) is 0. The fourth-order valence-electron chi connectivity index (χ4n) is 0.950. The molecule has 5 nitrogen and oxygen atoms in total. The number of nitrogens with one attached hydrogen (secondary N) is 1. The minimum absolute atomic E-state index is 0.268. The second-order valence-corrected chi connectivity index (χ2v) is 2.42. The second kappa shape index (κ2) is 5.43. The van der Waals surface area contributed by atoms with Gasteiger partial charge in [-0.2, -0.15) is 0 Å². The predicted molar refractivity (Wildman–Crippen MR) is 50.0 cm³/mol. The van der Waals surface area contributed by atoms with Crippen molar-refractivity contribution in [3.05, 3.63) is 29.8 Å². The van der Waals surface area contributed by atoms with Gasteiger partial charge in [0.05, 0.1) is 12.2 Å². The van der Waals surface area contributed by atoms with Gasteiger partial charge >= 0.3 is 0 Å². The molecule has 0 saturated carbocycles. The van der Waals surface area contributed by atoms with Gasteiger partial charge in [0.25, 0.3) is 6.08 Å². The van der Waals surface area contributed by atoms with Crippen LogP contribution < -0.4 is 5.43 Å². The molecule has 1 aromatic carbocycles. The quantitative estimate of drug-likeness (QED) is 0.439. The molecule has 0 spiro atoms. The minimum atomic E-state index is 0.268. The molecule has 14 heavy (non-hydrogen) atoms. The molecule has 0 aliphatic heterocycles. The SMILES string of the molecule is O=C=NCc1cccc(NN=C=O)c1. The van der Waals surface area contributed by atoms with Crippen LogP contribution in [0, 0.1) is 0 Å². The first-order valence-corrected chi connectivity index (χ1v) is 3.82. The molecule has 0 bridgehead atoms. The van der Waals surface area contributed by atoms with Crippen LogP contribution in [0.1, 0.15) is 5.56 Å². The van der Waals surface area contributed by atoms with Crippen molar-refractivity contribution in [2.75, 3.05) is 5.43 Å². The Morgan fingerprint density at radius 2 is 2.14 bits per heavy atom. The Morgan fingerprint density at radius 1 is 1.29 bits per heavy atom. The molecule has 0 radical (unpaired) electrons. The van der Waals surface area contributed by atoms with Crippen molar-refractivity contribution in [1.82, 2.24) is 0 Å². The summed E-state index contributed by atoms with van der Waals surface area (Å²) in [6.45, 7) is 0.268. The topological polar surface area (TPSA) is 70.9 Å². The van der Waals surface area contributed by atoms with E-state index in [9.17, 15) is 9.59 Å². The fraction of sp³-hybridized carbons (Fsp3) is 0.111. The maximum Gasteiger partial charge on any atom is 0.258 e. The molecule has 0 unspecified atom stereocenters. The Balaban J connectivity index is 2.77. The molecule has 0 aliphatic rings. The standard InChI is InChI=1S/C9H7N3O2/c13-6-10-5-8-2-1-3-9(4-8)12-11-7-14/h1-4,12H,5H2. The summed E-state index contributed by atoms with van der Waals surface area (Å²) in [5.41, 5.74) is 3.95. The van der Waals surface area contributed by atoms with Crippen LogP contribution in [0.15, 0.2) is 34.4 Å². The van der Waals surface area contributed by atoms with Crippen LogP contribution in [0.25, 0.3) is 0 Å². The lowest BCUT2D eigenvalue weighted by atomic mass is 10.2. The van der Waals surface area contributed by atoms with E-state index in [1.807, 2.05) is 0 Å². The van der Waals surface area contributed by atoms with Crippen molar-refractivity contribution >= 4 is 17.8 Å². The lowest BCUT2D eigenvalue weighted by Gasteiger charge is -1.99. The summed E-state index contributed by atoms with van der Waals surface area (Å²) >= 11 is 0. The maximum absolute atomic E-state index is 9.86. The minimum Gasteiger partial charge on any atom is -0.267 e. The molecule has 0 amide bonds. The first-order chi connectivity index (χ1) is 6.86. The summed E-state index contributed by atoms with van der Waals surface area (Å²) < 4.78 is 0. The third-order valence-corrected chi connectivity index (χ3v) is 1.48. The zero-order valence-electron chi connectivity index (χ0n) is 7.23. The Kier molecular flexibility index (Phi) is 3.83. The second-order valence-electron chi connectivity index (χ2n) is 2.42. The number of carbonyl (C=O) groups excluding carboxylic acids is 2. The van der Waals surface area contributed by atoms with E-state index in [-0.39, 0.29) is 6.54 Å². The summed E-state index contributed by atoms with van der Waals surface area (Å²) in [4.78, 5) is 23.1. The van der Waals surface area contributed by atoms with Crippen LogP contribution in [-0.4, -0.2) is 12.2 Å². The van der Waals surface area contributed by atoms with E-state index in [1.165, 1.54) is 12.2 Å². The first-order valence-electron chi connectivity index (χ1n) is 3.82. The molecule has 0 aliphatic carbocycles. The molecule has 0 fully saturated rings. The van der Waals surface area contributed by atoms with Crippen molar-refractivity contribution in [3.63, 3.8) is 0 Å². The van der Waals surface area contributed by atoms with Crippen LogP contribution in [0.2, 0.25) is 0 Å². The molecular weight excluding hydrogens is 182 g/mol. The van der Waals surface area contributed by atoms with E-state index >= 15 is 0 Å². The third-order valence-electron chi connectivity index (χ3n) is 1.48. The fourth-order valence-corrected chi connectivity index (χ4v) is 0.950. The van der Waals surface area contributed by atoms with Crippen LogP contribution >= 0.6 is 0 Å². The normalized spacial score (nSPS) is 8.29. The summed E-state index contributed by atoms with van der Waals surface area (Å²) in [6, 6.07) is 7.02. The smallest absolute Gasteiger partial charge is 0.258 e. The maximum atomic E-state index is 9.86. The molecule has 0 atom stereocenters. The van der Waals surface area contributed by atoms with E-state index in [0.717, 1.165) is 5.56 Å². The molecule has 0 aromatic heterocycles. The molecule has 0 saturated heterocycles. The predicted octanol–water partition coefficient (Wildman–Crippen LogP) is 1.19. The van der Waals surface area contributed by atoms with Gasteiger partial charge in [0.1, 0.15) is 0 Å². The Hall–Kier alpha value is -2.22. The van der Waals surface area contributed by atoms with Gasteiger partial charge in [-0.05, 0) is 17.7 Å². The van der Waals surface area contributed by atoms with E-state index < -0.39 is 0 Å². The average molecular weight is 189 g/mol. The number of aliphatic imine (C=N–C) groups is 1. The van der Waals surface area contributed by atoms with Crippen molar-refractivity contribution in [2.45, 2.75) is 6.54 Å². The molecule has 0 heterocycles. The lowest BCUT2D eigenvalue weighted by molar-refractivity contribution is 0.562. The number of benzene rings is 1. The van der Waals surface area contributed by atoms with Gasteiger partial charge in [0, 0.05) is 0 Å². The molecule has 1 N–H and O–H groups in total. The first kappa shape index (κ1) is 9.86. The lowest BCUT2D eigenvalue weighted by Crippen LogP contribution is -1.88. The zero-order valence-corrected chi connectivity index (χ0v) is 7.23.